The van der Waals surface area contributed by atoms with Crippen molar-refractivity contribution >= 4 is 11.5 Å². The standard InChI is InChI=1S/C16H15NO7/c1-10(18)16-14(19)7-13(23-9-22-2)8-15(16)24-12-5-3-11(4-6-12)17(20)21/h3-8,19H,9H2,1-2H3. The lowest BCUT2D eigenvalue weighted by Crippen LogP contribution is -2.02. The Morgan fingerprint density at radius 1 is 1.21 bits per heavy atom. The Kier molecular flexibility index (Phi) is 5.33. The normalized spacial score (nSPS) is 10.2. The zero-order valence-corrected chi connectivity index (χ0v) is 13.0. The summed E-state index contributed by atoms with van der Waals surface area (Å²) in [5.41, 5.74) is -0.104. The molecule has 0 atom stereocenters. The number of ketones is 1. The third-order valence-electron chi connectivity index (χ3n) is 3.03. The van der Waals surface area contributed by atoms with Crippen LogP contribution in [0.3, 0.4) is 0 Å². The van der Waals surface area contributed by atoms with Crippen molar-refractivity contribution in [2.45, 2.75) is 6.92 Å². The van der Waals surface area contributed by atoms with Gasteiger partial charge in [0.25, 0.3) is 5.69 Å². The second kappa shape index (κ2) is 7.42. The van der Waals surface area contributed by atoms with Gasteiger partial charge in [0.15, 0.2) is 12.6 Å². The van der Waals surface area contributed by atoms with Gasteiger partial charge in [0.05, 0.1) is 4.92 Å². The van der Waals surface area contributed by atoms with E-state index in [0.29, 0.717) is 0 Å². The van der Waals surface area contributed by atoms with Gasteiger partial charge in [-0.1, -0.05) is 0 Å². The van der Waals surface area contributed by atoms with E-state index < -0.39 is 10.7 Å². The molecule has 126 valence electrons. The van der Waals surface area contributed by atoms with Crippen LogP contribution in [-0.2, 0) is 4.74 Å². The van der Waals surface area contributed by atoms with Crippen LogP contribution in [-0.4, -0.2) is 29.7 Å². The molecule has 0 aliphatic heterocycles. The number of Topliss-reactive ketones (excluding diaryl/α,β-unsaturated/α-hetero) is 1. The summed E-state index contributed by atoms with van der Waals surface area (Å²) in [5, 5.41) is 20.7. The minimum absolute atomic E-state index is 0.0156. The van der Waals surface area contributed by atoms with Crippen molar-refractivity contribution in [2.75, 3.05) is 13.9 Å². The Balaban J connectivity index is 2.37. The number of ether oxygens (including phenoxy) is 3. The molecule has 2 aromatic rings. The quantitative estimate of drug-likeness (QED) is 0.358. The fraction of sp³-hybridized carbons (Fsp3) is 0.188. The third kappa shape index (κ3) is 3.99. The van der Waals surface area contributed by atoms with Crippen LogP contribution in [0.5, 0.6) is 23.0 Å². The van der Waals surface area contributed by atoms with Crippen molar-refractivity contribution < 1.29 is 29.0 Å². The van der Waals surface area contributed by atoms with E-state index >= 15 is 0 Å². The summed E-state index contributed by atoms with van der Waals surface area (Å²) in [6.45, 7) is 1.24. The van der Waals surface area contributed by atoms with Crippen molar-refractivity contribution in [3.63, 3.8) is 0 Å². The summed E-state index contributed by atoms with van der Waals surface area (Å²) in [6.07, 6.45) is 0. The number of rotatable bonds is 7. The van der Waals surface area contributed by atoms with Crippen LogP contribution in [0.1, 0.15) is 17.3 Å². The average molecular weight is 333 g/mol. The van der Waals surface area contributed by atoms with Gasteiger partial charge in [-0.25, -0.2) is 0 Å². The summed E-state index contributed by atoms with van der Waals surface area (Å²) in [7, 11) is 1.44. The lowest BCUT2D eigenvalue weighted by Gasteiger charge is -2.13. The van der Waals surface area contributed by atoms with Crippen LogP contribution >= 0.6 is 0 Å². The van der Waals surface area contributed by atoms with Crippen LogP contribution < -0.4 is 9.47 Å². The molecular formula is C16H15NO7. The number of hydrogen-bond acceptors (Lipinski definition) is 7. The number of phenols is 1. The number of nitro groups is 1. The van der Waals surface area contributed by atoms with E-state index in [1.807, 2.05) is 0 Å². The second-order valence-electron chi connectivity index (χ2n) is 4.78. The lowest BCUT2D eigenvalue weighted by atomic mass is 10.1. The van der Waals surface area contributed by atoms with Crippen LogP contribution in [0.15, 0.2) is 36.4 Å². The molecule has 0 aliphatic carbocycles. The van der Waals surface area contributed by atoms with Crippen molar-refractivity contribution in [1.29, 1.82) is 0 Å². The number of hydrogen-bond donors (Lipinski definition) is 1. The predicted octanol–water partition coefficient (Wildman–Crippen LogP) is 3.28. The van der Waals surface area contributed by atoms with E-state index in [-0.39, 0.29) is 41.0 Å². The molecule has 0 radical (unpaired) electrons. The molecule has 0 unspecified atom stereocenters. The van der Waals surface area contributed by atoms with Gasteiger partial charge in [-0.15, -0.1) is 0 Å². The van der Waals surface area contributed by atoms with Crippen molar-refractivity contribution in [3.05, 3.63) is 52.1 Å². The molecule has 0 spiro atoms. The zero-order chi connectivity index (χ0) is 17.7. The van der Waals surface area contributed by atoms with Gasteiger partial charge in [0, 0.05) is 31.4 Å². The molecule has 0 bridgehead atoms. The summed E-state index contributed by atoms with van der Waals surface area (Å²) < 4.78 is 15.6. The minimum atomic E-state index is -0.532. The molecule has 0 aromatic heterocycles. The van der Waals surface area contributed by atoms with Gasteiger partial charge in [0.1, 0.15) is 28.6 Å². The van der Waals surface area contributed by atoms with E-state index in [1.165, 1.54) is 50.4 Å². The first-order chi connectivity index (χ1) is 11.4. The Morgan fingerprint density at radius 2 is 1.88 bits per heavy atom. The van der Waals surface area contributed by atoms with Crippen LogP contribution in [0, 0.1) is 10.1 Å². The molecule has 0 fully saturated rings. The maximum absolute atomic E-state index is 11.8. The summed E-state index contributed by atoms with van der Waals surface area (Å²) >= 11 is 0. The molecule has 0 heterocycles. The largest absolute Gasteiger partial charge is 0.507 e. The zero-order valence-electron chi connectivity index (χ0n) is 13.0. The number of carbonyl (C=O) groups excluding carboxylic acids is 1. The van der Waals surface area contributed by atoms with Gasteiger partial charge >= 0.3 is 0 Å². The lowest BCUT2D eigenvalue weighted by molar-refractivity contribution is -0.384. The van der Waals surface area contributed by atoms with Crippen molar-refractivity contribution in [1.82, 2.24) is 0 Å². The van der Waals surface area contributed by atoms with E-state index in [0.717, 1.165) is 0 Å². The highest BCUT2D eigenvalue weighted by Crippen LogP contribution is 2.36. The van der Waals surface area contributed by atoms with E-state index in [4.69, 9.17) is 14.2 Å². The van der Waals surface area contributed by atoms with Crippen LogP contribution in [0.25, 0.3) is 0 Å². The van der Waals surface area contributed by atoms with Crippen LogP contribution in [0.4, 0.5) is 5.69 Å². The first-order valence-electron chi connectivity index (χ1n) is 6.84. The highest BCUT2D eigenvalue weighted by molar-refractivity contribution is 5.99. The molecule has 0 aliphatic rings. The number of nitrogens with zero attached hydrogens (tertiary/aromatic N) is 1. The number of benzene rings is 2. The summed E-state index contributed by atoms with van der Waals surface area (Å²) in [6, 6.07) is 8.03. The molecule has 2 aromatic carbocycles. The Hall–Kier alpha value is -3.13. The molecule has 24 heavy (non-hydrogen) atoms. The highest BCUT2D eigenvalue weighted by atomic mass is 16.7. The predicted molar refractivity (Wildman–Crippen MR) is 83.8 cm³/mol. The fourth-order valence-corrected chi connectivity index (χ4v) is 1.98. The number of methoxy groups -OCH3 is 1. The van der Waals surface area contributed by atoms with Crippen molar-refractivity contribution in [2.24, 2.45) is 0 Å². The van der Waals surface area contributed by atoms with Gasteiger partial charge in [-0.2, -0.15) is 0 Å². The summed E-state index contributed by atoms with van der Waals surface area (Å²) in [4.78, 5) is 21.9. The van der Waals surface area contributed by atoms with E-state index in [2.05, 4.69) is 0 Å². The SMILES string of the molecule is COCOc1cc(O)c(C(C)=O)c(Oc2ccc([N+](=O)[O-])cc2)c1. The van der Waals surface area contributed by atoms with Gasteiger partial charge < -0.3 is 19.3 Å². The molecule has 8 heteroatoms. The smallest absolute Gasteiger partial charge is 0.269 e. The molecular weight excluding hydrogens is 318 g/mol. The Labute approximate surface area is 137 Å². The van der Waals surface area contributed by atoms with Gasteiger partial charge in [-0.05, 0) is 19.1 Å². The number of aromatic hydroxyl groups is 1. The summed E-state index contributed by atoms with van der Waals surface area (Å²) in [5.74, 6) is -0.110. The molecule has 8 nitrogen and oxygen atoms in total. The average Bonchev–Trinajstić information content (AvgIpc) is 2.52. The van der Waals surface area contributed by atoms with E-state index in [1.54, 1.807) is 0 Å². The maximum atomic E-state index is 11.8. The monoisotopic (exact) mass is 333 g/mol. The molecule has 0 amide bonds. The van der Waals surface area contributed by atoms with Crippen LogP contribution in [0.2, 0.25) is 0 Å². The first-order valence-corrected chi connectivity index (χ1v) is 6.84. The topological polar surface area (TPSA) is 108 Å². The number of carbonyl (C=O) groups is 1. The maximum Gasteiger partial charge on any atom is 0.269 e. The molecule has 1 N–H and O–H groups in total. The number of nitro benzene ring substituents is 1. The second-order valence-corrected chi connectivity index (χ2v) is 4.78. The molecule has 2 rings (SSSR count). The first kappa shape index (κ1) is 17.2. The fourth-order valence-electron chi connectivity index (χ4n) is 1.98. The minimum Gasteiger partial charge on any atom is -0.507 e. The number of phenolic OH excluding ortho intramolecular Hbond substituents is 1. The van der Waals surface area contributed by atoms with Gasteiger partial charge in [0.2, 0.25) is 0 Å². The molecule has 0 saturated heterocycles. The number of non-ortho nitro benzene ring substituents is 1. The molecule has 0 saturated carbocycles. The Bertz CT molecular complexity index is 756. The highest BCUT2D eigenvalue weighted by Gasteiger charge is 2.18. The van der Waals surface area contributed by atoms with Crippen molar-refractivity contribution in [3.8, 4) is 23.0 Å². The van der Waals surface area contributed by atoms with E-state index in [9.17, 15) is 20.0 Å². The van der Waals surface area contributed by atoms with Gasteiger partial charge in [-0.3, -0.25) is 14.9 Å². The third-order valence-corrected chi connectivity index (χ3v) is 3.03. The Morgan fingerprint density at radius 3 is 2.42 bits per heavy atom.